The second kappa shape index (κ2) is 4.93. The Morgan fingerprint density at radius 1 is 1.58 bits per heavy atom. The van der Waals surface area contributed by atoms with Crippen molar-refractivity contribution >= 4 is 16.0 Å². The van der Waals surface area contributed by atoms with E-state index in [1.54, 1.807) is 13.0 Å². The van der Waals surface area contributed by atoms with Crippen LogP contribution < -0.4 is 4.72 Å². The zero-order chi connectivity index (χ0) is 14.1. The zero-order valence-corrected chi connectivity index (χ0v) is 11.4. The number of hydrogen-bond donors (Lipinski definition) is 2. The molecule has 106 valence electrons. The minimum atomic E-state index is -3.62. The fourth-order valence-electron chi connectivity index (χ4n) is 2.25. The number of nitrogens with zero attached hydrogens (tertiary/aromatic N) is 1. The molecule has 0 unspecified atom stereocenters. The number of carboxylic acids is 1. The molecule has 0 radical (unpaired) electrons. The summed E-state index contributed by atoms with van der Waals surface area (Å²) in [6.07, 6.45) is 1.75. The summed E-state index contributed by atoms with van der Waals surface area (Å²) in [6, 6.07) is 1.55. The molecular formula is C11H16N2O5S. The highest BCUT2D eigenvalue weighted by atomic mass is 32.2. The van der Waals surface area contributed by atoms with Crippen molar-refractivity contribution in [1.29, 1.82) is 0 Å². The van der Waals surface area contributed by atoms with Crippen LogP contribution in [0.2, 0.25) is 0 Å². The van der Waals surface area contributed by atoms with Crippen molar-refractivity contribution in [3.05, 3.63) is 17.5 Å². The van der Waals surface area contributed by atoms with E-state index in [-0.39, 0.29) is 12.2 Å². The van der Waals surface area contributed by atoms with Gasteiger partial charge in [0.1, 0.15) is 17.2 Å². The molecule has 0 atom stereocenters. The van der Waals surface area contributed by atoms with Gasteiger partial charge < -0.3 is 9.63 Å². The van der Waals surface area contributed by atoms with Gasteiger partial charge in [0.05, 0.1) is 6.42 Å². The van der Waals surface area contributed by atoms with E-state index < -0.39 is 21.5 Å². The molecule has 1 aliphatic carbocycles. The van der Waals surface area contributed by atoms with Gasteiger partial charge in [0.15, 0.2) is 0 Å². The second-order valence-corrected chi connectivity index (χ2v) is 6.72. The van der Waals surface area contributed by atoms with Gasteiger partial charge in [-0.15, -0.1) is 0 Å². The molecule has 2 rings (SSSR count). The Kier molecular flexibility index (Phi) is 3.64. The number of sulfonamides is 1. The maximum atomic E-state index is 12.0. The van der Waals surface area contributed by atoms with Crippen LogP contribution in [0.4, 0.5) is 0 Å². The molecule has 7 nitrogen and oxygen atoms in total. The second-order valence-electron chi connectivity index (χ2n) is 4.99. The third-order valence-corrected chi connectivity index (χ3v) is 4.61. The number of rotatable bonds is 6. The summed E-state index contributed by atoms with van der Waals surface area (Å²) >= 11 is 0. The first kappa shape index (κ1) is 14.0. The van der Waals surface area contributed by atoms with Gasteiger partial charge >= 0.3 is 5.97 Å². The third-order valence-electron chi connectivity index (χ3n) is 3.19. The van der Waals surface area contributed by atoms with Gasteiger partial charge in [-0.25, -0.2) is 13.1 Å². The van der Waals surface area contributed by atoms with Crippen LogP contribution in [-0.2, 0) is 20.6 Å². The third kappa shape index (κ3) is 3.54. The van der Waals surface area contributed by atoms with Crippen molar-refractivity contribution in [2.24, 2.45) is 0 Å². The van der Waals surface area contributed by atoms with E-state index in [2.05, 4.69) is 9.88 Å². The van der Waals surface area contributed by atoms with Crippen LogP contribution in [0.5, 0.6) is 0 Å². The summed E-state index contributed by atoms with van der Waals surface area (Å²) in [5.41, 5.74) is -0.515. The highest BCUT2D eigenvalue weighted by Crippen LogP contribution is 2.35. The molecular weight excluding hydrogens is 272 g/mol. The van der Waals surface area contributed by atoms with Crippen molar-refractivity contribution in [3.8, 4) is 0 Å². The average Bonchev–Trinajstić information content (AvgIpc) is 2.58. The van der Waals surface area contributed by atoms with Crippen LogP contribution in [0.15, 0.2) is 10.6 Å². The number of aryl methyl sites for hydroxylation is 1. The van der Waals surface area contributed by atoms with E-state index in [0.717, 1.165) is 6.42 Å². The zero-order valence-electron chi connectivity index (χ0n) is 10.5. The standard InChI is InChI=1S/C11H16N2O5S/c1-8-5-9(12-18-8)7-19(16,17)13-11(3-2-4-11)6-10(14)15/h5,13H,2-4,6-7H2,1H3,(H,14,15). The molecule has 1 aromatic rings. The molecule has 1 heterocycles. The van der Waals surface area contributed by atoms with Crippen molar-refractivity contribution in [2.75, 3.05) is 0 Å². The topological polar surface area (TPSA) is 110 Å². The summed E-state index contributed by atoms with van der Waals surface area (Å²) in [5, 5.41) is 12.5. The Morgan fingerprint density at radius 3 is 2.68 bits per heavy atom. The number of carboxylic acid groups (broad SMARTS) is 1. The van der Waals surface area contributed by atoms with E-state index in [1.165, 1.54) is 0 Å². The summed E-state index contributed by atoms with van der Waals surface area (Å²) in [7, 11) is -3.62. The summed E-state index contributed by atoms with van der Waals surface area (Å²) in [6.45, 7) is 1.67. The van der Waals surface area contributed by atoms with E-state index in [4.69, 9.17) is 9.63 Å². The molecule has 2 N–H and O–H groups in total. The van der Waals surface area contributed by atoms with Gasteiger partial charge in [-0.2, -0.15) is 0 Å². The molecule has 0 aliphatic heterocycles. The number of hydrogen-bond acceptors (Lipinski definition) is 5. The predicted molar refractivity (Wildman–Crippen MR) is 65.8 cm³/mol. The lowest BCUT2D eigenvalue weighted by Crippen LogP contribution is -2.54. The molecule has 0 saturated heterocycles. The SMILES string of the molecule is Cc1cc(CS(=O)(=O)NC2(CC(=O)O)CCC2)no1. The number of carbonyl (C=O) groups is 1. The average molecular weight is 288 g/mol. The minimum Gasteiger partial charge on any atom is -0.481 e. The Morgan fingerprint density at radius 2 is 2.26 bits per heavy atom. The smallest absolute Gasteiger partial charge is 0.305 e. The molecule has 0 aromatic carbocycles. The number of aromatic nitrogens is 1. The number of aliphatic carboxylic acids is 1. The number of nitrogens with one attached hydrogen (secondary N) is 1. The maximum Gasteiger partial charge on any atom is 0.305 e. The lowest BCUT2D eigenvalue weighted by atomic mass is 9.75. The van der Waals surface area contributed by atoms with Crippen LogP contribution in [0, 0.1) is 6.92 Å². The van der Waals surface area contributed by atoms with Crippen LogP contribution in [-0.4, -0.2) is 30.2 Å². The molecule has 1 fully saturated rings. The fourth-order valence-corrected chi connectivity index (χ4v) is 3.79. The Hall–Kier alpha value is -1.41. The van der Waals surface area contributed by atoms with E-state index in [0.29, 0.717) is 24.3 Å². The van der Waals surface area contributed by atoms with Crippen molar-refractivity contribution in [2.45, 2.75) is 43.9 Å². The molecule has 1 aliphatic rings. The molecule has 19 heavy (non-hydrogen) atoms. The molecule has 0 amide bonds. The molecule has 1 saturated carbocycles. The van der Waals surface area contributed by atoms with Crippen LogP contribution in [0.25, 0.3) is 0 Å². The fraction of sp³-hybridized carbons (Fsp3) is 0.636. The Labute approximate surface area is 111 Å². The van der Waals surface area contributed by atoms with Gasteiger partial charge in [-0.3, -0.25) is 4.79 Å². The predicted octanol–water partition coefficient (Wildman–Crippen LogP) is 0.800. The molecule has 0 spiro atoms. The van der Waals surface area contributed by atoms with Crippen molar-refractivity contribution < 1.29 is 22.8 Å². The first-order valence-corrected chi connectivity index (χ1v) is 7.61. The van der Waals surface area contributed by atoms with Gasteiger partial charge in [-0.05, 0) is 26.2 Å². The Balaban J connectivity index is 2.05. The summed E-state index contributed by atoms with van der Waals surface area (Å²) < 4.78 is 31.3. The van der Waals surface area contributed by atoms with Crippen molar-refractivity contribution in [3.63, 3.8) is 0 Å². The minimum absolute atomic E-state index is 0.190. The van der Waals surface area contributed by atoms with E-state index in [1.807, 2.05) is 0 Å². The molecule has 8 heteroatoms. The quantitative estimate of drug-likeness (QED) is 0.801. The van der Waals surface area contributed by atoms with Gasteiger partial charge in [0, 0.05) is 11.6 Å². The Bertz CT molecular complexity index is 574. The maximum absolute atomic E-state index is 12.0. The van der Waals surface area contributed by atoms with Gasteiger partial charge in [0.25, 0.3) is 0 Å². The van der Waals surface area contributed by atoms with E-state index >= 15 is 0 Å². The van der Waals surface area contributed by atoms with E-state index in [9.17, 15) is 13.2 Å². The van der Waals surface area contributed by atoms with Crippen LogP contribution >= 0.6 is 0 Å². The largest absolute Gasteiger partial charge is 0.481 e. The van der Waals surface area contributed by atoms with Crippen LogP contribution in [0.1, 0.15) is 37.1 Å². The normalized spacial score (nSPS) is 17.9. The summed E-state index contributed by atoms with van der Waals surface area (Å²) in [4.78, 5) is 10.8. The van der Waals surface area contributed by atoms with Crippen LogP contribution in [0.3, 0.4) is 0 Å². The first-order valence-electron chi connectivity index (χ1n) is 5.96. The highest BCUT2D eigenvalue weighted by molar-refractivity contribution is 7.88. The highest BCUT2D eigenvalue weighted by Gasteiger charge is 2.42. The molecule has 0 bridgehead atoms. The van der Waals surface area contributed by atoms with Gasteiger partial charge in [-0.1, -0.05) is 5.16 Å². The lowest BCUT2D eigenvalue weighted by Gasteiger charge is -2.40. The molecule has 1 aromatic heterocycles. The van der Waals surface area contributed by atoms with Gasteiger partial charge in [0.2, 0.25) is 10.0 Å². The van der Waals surface area contributed by atoms with Crippen molar-refractivity contribution in [1.82, 2.24) is 9.88 Å². The monoisotopic (exact) mass is 288 g/mol. The summed E-state index contributed by atoms with van der Waals surface area (Å²) in [5.74, 6) is -0.764. The lowest BCUT2D eigenvalue weighted by molar-refractivity contribution is -0.139. The first-order chi connectivity index (χ1) is 8.80.